The predicted octanol–water partition coefficient (Wildman–Crippen LogP) is 2.42. The van der Waals surface area contributed by atoms with Crippen molar-refractivity contribution in [2.24, 2.45) is 0 Å². The second kappa shape index (κ2) is 7.54. The van der Waals surface area contributed by atoms with Crippen molar-refractivity contribution in [2.75, 3.05) is 31.1 Å². The van der Waals surface area contributed by atoms with Crippen LogP contribution in [0.5, 0.6) is 0 Å². The van der Waals surface area contributed by atoms with Gasteiger partial charge in [-0.25, -0.2) is 0 Å². The lowest BCUT2D eigenvalue weighted by atomic mass is 10.1. The Hall–Kier alpha value is -2.02. The number of benzene rings is 1. The van der Waals surface area contributed by atoms with Crippen molar-refractivity contribution in [1.82, 2.24) is 4.90 Å². The maximum atomic E-state index is 12.3. The SMILES string of the molecule is N#CCCN(CC(=O)N1CCCCC1)c1ccccc1. The van der Waals surface area contributed by atoms with Crippen LogP contribution in [0.3, 0.4) is 0 Å². The standard InChI is InChI=1S/C16H21N3O/c17-10-7-13-19(15-8-3-1-4-9-15)14-16(20)18-11-5-2-6-12-18/h1,3-4,8-9H,2,5-7,11-14H2. The molecule has 0 spiro atoms. The summed E-state index contributed by atoms with van der Waals surface area (Å²) in [6.07, 6.45) is 3.87. The van der Waals surface area contributed by atoms with Crippen molar-refractivity contribution in [3.8, 4) is 6.07 Å². The van der Waals surface area contributed by atoms with Crippen LogP contribution >= 0.6 is 0 Å². The van der Waals surface area contributed by atoms with Gasteiger partial charge < -0.3 is 9.80 Å². The van der Waals surface area contributed by atoms with E-state index in [1.807, 2.05) is 40.1 Å². The molecule has 0 bridgehead atoms. The first-order chi connectivity index (χ1) is 9.81. The number of anilines is 1. The van der Waals surface area contributed by atoms with Gasteiger partial charge in [0.05, 0.1) is 19.0 Å². The van der Waals surface area contributed by atoms with Gasteiger partial charge in [0.15, 0.2) is 0 Å². The lowest BCUT2D eigenvalue weighted by Gasteiger charge is -2.30. The van der Waals surface area contributed by atoms with E-state index in [9.17, 15) is 4.79 Å². The molecule has 20 heavy (non-hydrogen) atoms. The highest BCUT2D eigenvalue weighted by molar-refractivity contribution is 5.81. The van der Waals surface area contributed by atoms with Crippen LogP contribution < -0.4 is 4.90 Å². The van der Waals surface area contributed by atoms with Crippen LogP contribution in [0.4, 0.5) is 5.69 Å². The van der Waals surface area contributed by atoms with Gasteiger partial charge in [-0.15, -0.1) is 0 Å². The van der Waals surface area contributed by atoms with Gasteiger partial charge in [-0.2, -0.15) is 5.26 Å². The van der Waals surface area contributed by atoms with Crippen LogP contribution in [0.25, 0.3) is 0 Å². The number of carbonyl (C=O) groups excluding carboxylic acids is 1. The van der Waals surface area contributed by atoms with Crippen LogP contribution in [0.1, 0.15) is 25.7 Å². The largest absolute Gasteiger partial charge is 0.361 e. The van der Waals surface area contributed by atoms with Gasteiger partial charge in [-0.3, -0.25) is 4.79 Å². The van der Waals surface area contributed by atoms with Crippen LogP contribution in [0.2, 0.25) is 0 Å². The third-order valence-electron chi connectivity index (χ3n) is 3.65. The molecule has 1 amide bonds. The summed E-state index contributed by atoms with van der Waals surface area (Å²) in [6, 6.07) is 12.0. The maximum absolute atomic E-state index is 12.3. The van der Waals surface area contributed by atoms with Crippen LogP contribution in [0, 0.1) is 11.3 Å². The first-order valence-corrected chi connectivity index (χ1v) is 7.26. The van der Waals surface area contributed by atoms with Gasteiger partial charge in [-0.1, -0.05) is 18.2 Å². The number of rotatable bonds is 5. The molecule has 1 aliphatic heterocycles. The second-order valence-electron chi connectivity index (χ2n) is 5.11. The van der Waals surface area contributed by atoms with E-state index in [1.165, 1.54) is 6.42 Å². The molecule has 2 rings (SSSR count). The van der Waals surface area contributed by atoms with Crippen LogP contribution in [-0.2, 0) is 4.79 Å². The first kappa shape index (κ1) is 14.4. The van der Waals surface area contributed by atoms with E-state index < -0.39 is 0 Å². The van der Waals surface area contributed by atoms with Gasteiger partial charge in [-0.05, 0) is 31.4 Å². The van der Waals surface area contributed by atoms with E-state index in [0.717, 1.165) is 31.6 Å². The van der Waals surface area contributed by atoms with Crippen LogP contribution in [0.15, 0.2) is 30.3 Å². The van der Waals surface area contributed by atoms with E-state index >= 15 is 0 Å². The molecule has 106 valence electrons. The quantitative estimate of drug-likeness (QED) is 0.826. The van der Waals surface area contributed by atoms with Gasteiger partial charge in [0.25, 0.3) is 0 Å². The maximum Gasteiger partial charge on any atom is 0.242 e. The molecule has 1 aromatic rings. The summed E-state index contributed by atoms with van der Waals surface area (Å²) in [5, 5.41) is 8.77. The van der Waals surface area contributed by atoms with Crippen molar-refractivity contribution < 1.29 is 4.79 Å². The Labute approximate surface area is 120 Å². The Balaban J connectivity index is 2.00. The molecule has 1 heterocycles. The number of carbonyl (C=O) groups is 1. The Morgan fingerprint density at radius 1 is 1.20 bits per heavy atom. The van der Waals surface area contributed by atoms with E-state index in [-0.39, 0.29) is 5.91 Å². The summed E-state index contributed by atoms with van der Waals surface area (Å²) in [7, 11) is 0. The van der Waals surface area contributed by atoms with Crippen molar-refractivity contribution in [3.05, 3.63) is 30.3 Å². The molecule has 0 saturated carbocycles. The van der Waals surface area contributed by atoms with Crippen molar-refractivity contribution >= 4 is 11.6 Å². The zero-order valence-corrected chi connectivity index (χ0v) is 11.8. The number of piperidine rings is 1. The molecule has 0 radical (unpaired) electrons. The van der Waals surface area contributed by atoms with Gasteiger partial charge >= 0.3 is 0 Å². The fourth-order valence-corrected chi connectivity index (χ4v) is 2.53. The monoisotopic (exact) mass is 271 g/mol. The average Bonchev–Trinajstić information content (AvgIpc) is 2.53. The number of para-hydroxylation sites is 1. The van der Waals surface area contributed by atoms with Crippen molar-refractivity contribution in [3.63, 3.8) is 0 Å². The Kier molecular flexibility index (Phi) is 5.43. The minimum Gasteiger partial charge on any atom is -0.361 e. The molecule has 1 aliphatic rings. The molecule has 0 aromatic heterocycles. The van der Waals surface area contributed by atoms with Crippen LogP contribution in [-0.4, -0.2) is 37.0 Å². The molecule has 0 N–H and O–H groups in total. The number of nitrogens with zero attached hydrogens (tertiary/aromatic N) is 3. The number of amides is 1. The van der Waals surface area contributed by atoms with Gasteiger partial charge in [0.2, 0.25) is 5.91 Å². The van der Waals surface area contributed by atoms with E-state index in [2.05, 4.69) is 6.07 Å². The molecule has 4 heteroatoms. The Morgan fingerprint density at radius 2 is 1.90 bits per heavy atom. The second-order valence-corrected chi connectivity index (χ2v) is 5.11. The molecule has 1 fully saturated rings. The van der Waals surface area contributed by atoms with E-state index in [4.69, 9.17) is 5.26 Å². The highest BCUT2D eigenvalue weighted by Gasteiger charge is 2.19. The molecular formula is C16H21N3O. The van der Waals surface area contributed by atoms with Crippen molar-refractivity contribution in [2.45, 2.75) is 25.7 Å². The molecule has 1 saturated heterocycles. The summed E-state index contributed by atoms with van der Waals surface area (Å²) >= 11 is 0. The molecule has 1 aromatic carbocycles. The molecule has 0 unspecified atom stereocenters. The number of likely N-dealkylation sites (tertiary alicyclic amines) is 1. The highest BCUT2D eigenvalue weighted by atomic mass is 16.2. The molecule has 4 nitrogen and oxygen atoms in total. The van der Waals surface area contributed by atoms with Gasteiger partial charge in [0.1, 0.15) is 0 Å². The van der Waals surface area contributed by atoms with E-state index in [1.54, 1.807) is 0 Å². The fraction of sp³-hybridized carbons (Fsp3) is 0.500. The summed E-state index contributed by atoms with van der Waals surface area (Å²) in [4.78, 5) is 16.3. The topological polar surface area (TPSA) is 47.3 Å². The zero-order valence-electron chi connectivity index (χ0n) is 11.8. The smallest absolute Gasteiger partial charge is 0.242 e. The molecule has 0 aliphatic carbocycles. The summed E-state index contributed by atoms with van der Waals surface area (Å²) in [6.45, 7) is 2.71. The summed E-state index contributed by atoms with van der Waals surface area (Å²) in [5.41, 5.74) is 1.01. The van der Waals surface area contributed by atoms with Crippen molar-refractivity contribution in [1.29, 1.82) is 5.26 Å². The lowest BCUT2D eigenvalue weighted by molar-refractivity contribution is -0.130. The van der Waals surface area contributed by atoms with E-state index in [0.29, 0.717) is 19.5 Å². The summed E-state index contributed by atoms with van der Waals surface area (Å²) < 4.78 is 0. The first-order valence-electron chi connectivity index (χ1n) is 7.26. The Bertz CT molecular complexity index is 460. The molecular weight excluding hydrogens is 250 g/mol. The summed E-state index contributed by atoms with van der Waals surface area (Å²) in [5.74, 6) is 0.173. The fourth-order valence-electron chi connectivity index (χ4n) is 2.53. The third kappa shape index (κ3) is 3.99. The number of hydrogen-bond acceptors (Lipinski definition) is 3. The van der Waals surface area contributed by atoms with Gasteiger partial charge in [0, 0.05) is 25.3 Å². The number of hydrogen-bond donors (Lipinski definition) is 0. The minimum absolute atomic E-state index is 0.173. The zero-order chi connectivity index (χ0) is 14.2. The lowest BCUT2D eigenvalue weighted by Crippen LogP contribution is -2.43. The molecule has 0 atom stereocenters. The Morgan fingerprint density at radius 3 is 2.55 bits per heavy atom. The predicted molar refractivity (Wildman–Crippen MR) is 79.3 cm³/mol. The third-order valence-corrected chi connectivity index (χ3v) is 3.65. The minimum atomic E-state index is 0.173. The normalized spacial score (nSPS) is 14.7. The number of nitriles is 1. The highest BCUT2D eigenvalue weighted by Crippen LogP contribution is 2.15. The average molecular weight is 271 g/mol.